The summed E-state index contributed by atoms with van der Waals surface area (Å²) in [7, 11) is 4.08. The predicted octanol–water partition coefficient (Wildman–Crippen LogP) is 3.85. The van der Waals surface area contributed by atoms with Crippen LogP contribution in [0.15, 0.2) is 71.3 Å². The highest BCUT2D eigenvalue weighted by atomic mass is 16.5. The lowest BCUT2D eigenvalue weighted by molar-refractivity contribution is 0.0919. The van der Waals surface area contributed by atoms with Crippen LogP contribution in [0.4, 0.5) is 0 Å². The van der Waals surface area contributed by atoms with E-state index in [1.807, 2.05) is 56.6 Å². The fraction of sp³-hybridized carbons (Fsp3) is 0.227. The van der Waals surface area contributed by atoms with Gasteiger partial charge in [0.1, 0.15) is 12.4 Å². The van der Waals surface area contributed by atoms with Crippen LogP contribution < -0.4 is 10.1 Å². The fourth-order valence-electron chi connectivity index (χ4n) is 2.72. The van der Waals surface area contributed by atoms with Crippen molar-refractivity contribution in [3.05, 3.63) is 89.4 Å². The number of carbonyl (C=O) groups is 1. The molecule has 1 aromatic heterocycles. The SMILES string of the molecule is CN(C)Cc1ccc(CNC(=O)c2occc2COc2ccccc2)cc1. The molecule has 27 heavy (non-hydrogen) atoms. The van der Waals surface area contributed by atoms with Crippen molar-refractivity contribution < 1.29 is 13.9 Å². The Morgan fingerprint density at radius 2 is 1.70 bits per heavy atom. The highest BCUT2D eigenvalue weighted by Crippen LogP contribution is 2.16. The molecule has 0 saturated carbocycles. The average Bonchev–Trinajstić information content (AvgIpc) is 3.15. The van der Waals surface area contributed by atoms with Gasteiger partial charge in [-0.25, -0.2) is 0 Å². The molecule has 0 aliphatic rings. The lowest BCUT2D eigenvalue weighted by atomic mass is 10.1. The number of furan rings is 1. The molecule has 1 heterocycles. The van der Waals surface area contributed by atoms with Gasteiger partial charge in [-0.2, -0.15) is 0 Å². The quantitative estimate of drug-likeness (QED) is 0.660. The smallest absolute Gasteiger partial charge is 0.287 e. The minimum Gasteiger partial charge on any atom is -0.489 e. The molecule has 0 fully saturated rings. The van der Waals surface area contributed by atoms with Crippen molar-refractivity contribution >= 4 is 5.91 Å². The molecule has 0 aliphatic heterocycles. The number of rotatable bonds is 8. The van der Waals surface area contributed by atoms with Gasteiger partial charge in [0.05, 0.1) is 6.26 Å². The molecule has 3 aromatic rings. The first-order valence-corrected chi connectivity index (χ1v) is 8.87. The molecule has 0 bridgehead atoms. The first-order chi connectivity index (χ1) is 13.1. The van der Waals surface area contributed by atoms with Crippen LogP contribution in [0.25, 0.3) is 0 Å². The van der Waals surface area contributed by atoms with Crippen molar-refractivity contribution in [1.29, 1.82) is 0 Å². The lowest BCUT2D eigenvalue weighted by Crippen LogP contribution is -2.23. The molecule has 1 amide bonds. The molecule has 0 aliphatic carbocycles. The summed E-state index contributed by atoms with van der Waals surface area (Å²) < 4.78 is 11.1. The van der Waals surface area contributed by atoms with Crippen molar-refractivity contribution in [2.45, 2.75) is 19.7 Å². The molecule has 3 rings (SSSR count). The van der Waals surface area contributed by atoms with Crippen molar-refractivity contribution in [3.8, 4) is 5.75 Å². The number of carbonyl (C=O) groups excluding carboxylic acids is 1. The number of amides is 1. The van der Waals surface area contributed by atoms with Gasteiger partial charge < -0.3 is 19.4 Å². The van der Waals surface area contributed by atoms with E-state index in [1.165, 1.54) is 11.8 Å². The van der Waals surface area contributed by atoms with Crippen LogP contribution in [0.2, 0.25) is 0 Å². The third-order valence-electron chi connectivity index (χ3n) is 4.07. The number of nitrogens with one attached hydrogen (secondary N) is 1. The molecule has 0 atom stereocenters. The van der Waals surface area contributed by atoms with Crippen LogP contribution in [0.1, 0.15) is 27.2 Å². The third kappa shape index (κ3) is 5.46. The molecule has 0 saturated heterocycles. The van der Waals surface area contributed by atoms with Gasteiger partial charge in [-0.05, 0) is 43.4 Å². The van der Waals surface area contributed by atoms with Crippen LogP contribution in [0, 0.1) is 0 Å². The summed E-state index contributed by atoms with van der Waals surface area (Å²) >= 11 is 0. The maximum Gasteiger partial charge on any atom is 0.287 e. The van der Waals surface area contributed by atoms with Crippen molar-refractivity contribution in [1.82, 2.24) is 10.2 Å². The number of benzene rings is 2. The first-order valence-electron chi connectivity index (χ1n) is 8.87. The van der Waals surface area contributed by atoms with Crippen LogP contribution in [0.5, 0.6) is 5.75 Å². The molecule has 140 valence electrons. The zero-order valence-corrected chi connectivity index (χ0v) is 15.6. The first kappa shape index (κ1) is 18.7. The minimum atomic E-state index is -0.246. The summed E-state index contributed by atoms with van der Waals surface area (Å²) in [5.41, 5.74) is 3.00. The predicted molar refractivity (Wildman–Crippen MR) is 104 cm³/mol. The van der Waals surface area contributed by atoms with Gasteiger partial charge in [0.2, 0.25) is 0 Å². The molecule has 2 aromatic carbocycles. The summed E-state index contributed by atoms with van der Waals surface area (Å²) in [6.45, 7) is 1.62. The second-order valence-electron chi connectivity index (χ2n) is 6.61. The maximum atomic E-state index is 12.5. The average molecular weight is 364 g/mol. The van der Waals surface area contributed by atoms with Crippen LogP contribution in [-0.4, -0.2) is 24.9 Å². The lowest BCUT2D eigenvalue weighted by Gasteiger charge is -2.10. The fourth-order valence-corrected chi connectivity index (χ4v) is 2.72. The van der Waals surface area contributed by atoms with Gasteiger partial charge in [-0.1, -0.05) is 42.5 Å². The van der Waals surface area contributed by atoms with Gasteiger partial charge in [-0.15, -0.1) is 0 Å². The summed E-state index contributed by atoms with van der Waals surface area (Å²) in [5.74, 6) is 0.794. The third-order valence-corrected chi connectivity index (χ3v) is 4.07. The molecule has 0 unspecified atom stereocenters. The van der Waals surface area contributed by atoms with Gasteiger partial charge in [-0.3, -0.25) is 4.79 Å². The standard InChI is InChI=1S/C22H24N2O3/c1-24(2)15-18-10-8-17(9-11-18)14-23-22(25)21-19(12-13-26-21)16-27-20-6-4-3-5-7-20/h3-13H,14-16H2,1-2H3,(H,23,25). The second kappa shape index (κ2) is 9.05. The van der Waals surface area contributed by atoms with E-state index in [0.717, 1.165) is 23.4 Å². The topological polar surface area (TPSA) is 54.7 Å². The van der Waals surface area contributed by atoms with Crippen LogP contribution in [-0.2, 0) is 19.7 Å². The van der Waals surface area contributed by atoms with Crippen LogP contribution >= 0.6 is 0 Å². The summed E-state index contributed by atoms with van der Waals surface area (Å²) in [6.07, 6.45) is 1.51. The molecule has 0 spiro atoms. The Hall–Kier alpha value is -3.05. The Morgan fingerprint density at radius 3 is 2.41 bits per heavy atom. The molecule has 5 nitrogen and oxygen atoms in total. The summed E-state index contributed by atoms with van der Waals surface area (Å²) in [4.78, 5) is 14.6. The Morgan fingerprint density at radius 1 is 1.00 bits per heavy atom. The van der Waals surface area contributed by atoms with Crippen LogP contribution in [0.3, 0.4) is 0 Å². The Labute approximate surface area is 159 Å². The molecule has 1 N–H and O–H groups in total. The Bertz CT molecular complexity index is 855. The number of hydrogen-bond donors (Lipinski definition) is 1. The van der Waals surface area contributed by atoms with E-state index in [-0.39, 0.29) is 18.3 Å². The molecule has 0 radical (unpaired) electrons. The van der Waals surface area contributed by atoms with Crippen molar-refractivity contribution in [3.63, 3.8) is 0 Å². The normalized spacial score (nSPS) is 10.8. The van der Waals surface area contributed by atoms with E-state index < -0.39 is 0 Å². The van der Waals surface area contributed by atoms with Gasteiger partial charge >= 0.3 is 0 Å². The van der Waals surface area contributed by atoms with E-state index in [1.54, 1.807) is 6.07 Å². The van der Waals surface area contributed by atoms with E-state index in [0.29, 0.717) is 6.54 Å². The van der Waals surface area contributed by atoms with E-state index in [4.69, 9.17) is 9.15 Å². The van der Waals surface area contributed by atoms with Crippen molar-refractivity contribution in [2.75, 3.05) is 14.1 Å². The van der Waals surface area contributed by atoms with Gasteiger partial charge in [0.15, 0.2) is 5.76 Å². The van der Waals surface area contributed by atoms with Gasteiger partial charge in [0, 0.05) is 18.7 Å². The largest absolute Gasteiger partial charge is 0.489 e. The molecular formula is C22H24N2O3. The number of hydrogen-bond acceptors (Lipinski definition) is 4. The highest BCUT2D eigenvalue weighted by Gasteiger charge is 2.15. The minimum absolute atomic E-state index is 0.246. The highest BCUT2D eigenvalue weighted by molar-refractivity contribution is 5.92. The number of nitrogens with zero attached hydrogens (tertiary/aromatic N) is 1. The van der Waals surface area contributed by atoms with Crippen molar-refractivity contribution in [2.24, 2.45) is 0 Å². The zero-order chi connectivity index (χ0) is 19.1. The summed E-state index contributed by atoms with van der Waals surface area (Å²) in [5, 5.41) is 2.90. The molecule has 5 heteroatoms. The second-order valence-corrected chi connectivity index (χ2v) is 6.61. The Balaban J connectivity index is 1.55. The monoisotopic (exact) mass is 364 g/mol. The molecular weight excluding hydrogens is 340 g/mol. The zero-order valence-electron chi connectivity index (χ0n) is 15.6. The van der Waals surface area contributed by atoms with Gasteiger partial charge in [0.25, 0.3) is 5.91 Å². The maximum absolute atomic E-state index is 12.5. The van der Waals surface area contributed by atoms with E-state index in [9.17, 15) is 4.79 Å². The van der Waals surface area contributed by atoms with E-state index in [2.05, 4.69) is 22.3 Å². The number of para-hydroxylation sites is 1. The number of ether oxygens (including phenoxy) is 1. The van der Waals surface area contributed by atoms with E-state index >= 15 is 0 Å². The summed E-state index contributed by atoms with van der Waals surface area (Å²) in [6, 6.07) is 19.5. The Kier molecular flexibility index (Phi) is 6.28.